The number of fused-ring (bicyclic) bond motifs is 1. The summed E-state index contributed by atoms with van der Waals surface area (Å²) >= 11 is 0. The molecule has 6 nitrogen and oxygen atoms in total. The topological polar surface area (TPSA) is 73.5 Å². The van der Waals surface area contributed by atoms with Crippen LogP contribution in [0.1, 0.15) is 36.3 Å². The van der Waals surface area contributed by atoms with Gasteiger partial charge in [-0.05, 0) is 60.9 Å². The standard InChI is InChI=1S/C24H29FN4O2/c25-20-7-3-8-21(13-20)28-23(30)26-14-17-5-4-12-29(16-17)24(31)27-15-19-11-10-18-6-1-2-9-22(18)19/h1-3,6-9,13,17,19H,4-5,10-12,14-16H2,(H,27,31)(H2,26,28,30). The number of anilines is 1. The average molecular weight is 425 g/mol. The van der Waals surface area contributed by atoms with Gasteiger partial charge in [-0.3, -0.25) is 0 Å². The molecule has 4 rings (SSSR count). The Labute approximate surface area is 182 Å². The lowest BCUT2D eigenvalue weighted by Gasteiger charge is -2.33. The van der Waals surface area contributed by atoms with Gasteiger partial charge in [-0.2, -0.15) is 0 Å². The second kappa shape index (κ2) is 9.81. The van der Waals surface area contributed by atoms with E-state index in [9.17, 15) is 14.0 Å². The Morgan fingerprint density at radius 1 is 1.03 bits per heavy atom. The molecule has 1 aliphatic heterocycles. The lowest BCUT2D eigenvalue weighted by Crippen LogP contribution is -2.48. The Morgan fingerprint density at radius 2 is 1.90 bits per heavy atom. The van der Waals surface area contributed by atoms with Gasteiger partial charge in [0.05, 0.1) is 0 Å². The number of likely N-dealkylation sites (tertiary alicyclic amines) is 1. The molecule has 2 unspecified atom stereocenters. The van der Waals surface area contributed by atoms with Crippen LogP contribution in [0, 0.1) is 11.7 Å². The number of benzene rings is 2. The summed E-state index contributed by atoms with van der Waals surface area (Å²) < 4.78 is 13.2. The minimum absolute atomic E-state index is 0.0294. The van der Waals surface area contributed by atoms with Gasteiger partial charge in [0.15, 0.2) is 0 Å². The molecule has 2 aliphatic rings. The third kappa shape index (κ3) is 5.54. The third-order valence-electron chi connectivity index (χ3n) is 6.20. The van der Waals surface area contributed by atoms with Gasteiger partial charge < -0.3 is 20.9 Å². The molecule has 0 aromatic heterocycles. The lowest BCUT2D eigenvalue weighted by molar-refractivity contribution is 0.164. The monoisotopic (exact) mass is 424 g/mol. The first-order valence-corrected chi connectivity index (χ1v) is 11.0. The minimum Gasteiger partial charge on any atom is -0.338 e. The van der Waals surface area contributed by atoms with Crippen molar-refractivity contribution in [3.8, 4) is 0 Å². The Hall–Kier alpha value is -3.09. The fraction of sp³-hybridized carbons (Fsp3) is 0.417. The van der Waals surface area contributed by atoms with E-state index in [4.69, 9.17) is 0 Å². The summed E-state index contributed by atoms with van der Waals surface area (Å²) in [6.07, 6.45) is 4.02. The first kappa shape index (κ1) is 21.2. The van der Waals surface area contributed by atoms with Gasteiger partial charge in [-0.15, -0.1) is 0 Å². The highest BCUT2D eigenvalue weighted by Gasteiger charge is 2.26. The number of nitrogens with zero attached hydrogens (tertiary/aromatic N) is 1. The van der Waals surface area contributed by atoms with Crippen LogP contribution in [0.3, 0.4) is 0 Å². The molecule has 1 saturated heterocycles. The predicted molar refractivity (Wildman–Crippen MR) is 119 cm³/mol. The Kier molecular flexibility index (Phi) is 6.70. The van der Waals surface area contributed by atoms with Crippen LogP contribution in [0.4, 0.5) is 19.7 Å². The lowest BCUT2D eigenvalue weighted by atomic mass is 9.98. The molecule has 4 amide bonds. The summed E-state index contributed by atoms with van der Waals surface area (Å²) in [6.45, 7) is 2.48. The molecule has 0 radical (unpaired) electrons. The van der Waals surface area contributed by atoms with Crippen LogP contribution < -0.4 is 16.0 Å². The number of hydrogen-bond acceptors (Lipinski definition) is 2. The van der Waals surface area contributed by atoms with Gasteiger partial charge in [0.2, 0.25) is 0 Å². The molecule has 0 spiro atoms. The number of aryl methyl sites for hydroxylation is 1. The van der Waals surface area contributed by atoms with Gasteiger partial charge in [0.1, 0.15) is 5.82 Å². The smallest absolute Gasteiger partial charge is 0.319 e. The van der Waals surface area contributed by atoms with Gasteiger partial charge in [0.25, 0.3) is 0 Å². The number of piperidine rings is 1. The number of carbonyl (C=O) groups excluding carboxylic acids is 2. The Morgan fingerprint density at radius 3 is 2.77 bits per heavy atom. The van der Waals surface area contributed by atoms with E-state index in [2.05, 4.69) is 40.2 Å². The first-order chi connectivity index (χ1) is 15.1. The molecule has 7 heteroatoms. The van der Waals surface area contributed by atoms with Gasteiger partial charge in [-0.1, -0.05) is 30.3 Å². The summed E-state index contributed by atoms with van der Waals surface area (Å²) in [6, 6.07) is 13.9. The number of amides is 4. The fourth-order valence-electron chi connectivity index (χ4n) is 4.57. The van der Waals surface area contributed by atoms with E-state index in [0.717, 1.165) is 32.2 Å². The van der Waals surface area contributed by atoms with Crippen LogP contribution in [-0.4, -0.2) is 43.1 Å². The van der Waals surface area contributed by atoms with Crippen molar-refractivity contribution in [2.24, 2.45) is 5.92 Å². The number of carbonyl (C=O) groups is 2. The van der Waals surface area contributed by atoms with Crippen molar-refractivity contribution >= 4 is 17.7 Å². The van der Waals surface area contributed by atoms with Gasteiger partial charge >= 0.3 is 12.1 Å². The van der Waals surface area contributed by atoms with E-state index in [1.54, 1.807) is 12.1 Å². The summed E-state index contributed by atoms with van der Waals surface area (Å²) in [7, 11) is 0. The number of halogens is 1. The molecule has 3 N–H and O–H groups in total. The van der Waals surface area contributed by atoms with Crippen LogP contribution in [0.25, 0.3) is 0 Å². The summed E-state index contributed by atoms with van der Waals surface area (Å²) in [4.78, 5) is 26.6. The van der Waals surface area contributed by atoms with E-state index >= 15 is 0 Å². The molecule has 0 bridgehead atoms. The van der Waals surface area contributed by atoms with E-state index in [0.29, 0.717) is 31.2 Å². The van der Waals surface area contributed by atoms with Crippen LogP contribution >= 0.6 is 0 Å². The minimum atomic E-state index is -0.396. The molecule has 2 aromatic rings. The maximum atomic E-state index is 13.2. The van der Waals surface area contributed by atoms with Crippen molar-refractivity contribution in [2.45, 2.75) is 31.6 Å². The molecular formula is C24H29FN4O2. The first-order valence-electron chi connectivity index (χ1n) is 11.0. The zero-order chi connectivity index (χ0) is 21.6. The zero-order valence-electron chi connectivity index (χ0n) is 17.6. The van der Waals surface area contributed by atoms with Crippen molar-refractivity contribution in [3.63, 3.8) is 0 Å². The molecule has 1 fully saturated rings. The van der Waals surface area contributed by atoms with Gasteiger partial charge in [-0.25, -0.2) is 14.0 Å². The van der Waals surface area contributed by atoms with Crippen molar-refractivity contribution in [3.05, 3.63) is 65.5 Å². The highest BCUT2D eigenvalue weighted by molar-refractivity contribution is 5.89. The molecule has 1 aliphatic carbocycles. The maximum absolute atomic E-state index is 13.2. The number of rotatable bonds is 5. The van der Waals surface area contributed by atoms with Crippen molar-refractivity contribution < 1.29 is 14.0 Å². The average Bonchev–Trinajstić information content (AvgIpc) is 3.19. The quantitative estimate of drug-likeness (QED) is 0.676. The highest BCUT2D eigenvalue weighted by Crippen LogP contribution is 2.32. The van der Waals surface area contributed by atoms with Crippen LogP contribution in [0.5, 0.6) is 0 Å². The molecule has 1 heterocycles. The second-order valence-corrected chi connectivity index (χ2v) is 8.42. The molecule has 2 atom stereocenters. The maximum Gasteiger partial charge on any atom is 0.319 e. The number of nitrogens with one attached hydrogen (secondary N) is 3. The molecule has 164 valence electrons. The SMILES string of the molecule is O=C(NCC1CCCN(C(=O)NCC2CCc3ccccc32)C1)Nc1cccc(F)c1. The summed E-state index contributed by atoms with van der Waals surface area (Å²) in [5.74, 6) is 0.187. The van der Waals surface area contributed by atoms with E-state index in [-0.39, 0.29) is 18.0 Å². The summed E-state index contributed by atoms with van der Waals surface area (Å²) in [5.41, 5.74) is 3.16. The molecule has 31 heavy (non-hydrogen) atoms. The van der Waals surface area contributed by atoms with Crippen LogP contribution in [0.2, 0.25) is 0 Å². The summed E-state index contributed by atoms with van der Waals surface area (Å²) in [5, 5.41) is 8.58. The number of hydrogen-bond donors (Lipinski definition) is 3. The third-order valence-corrected chi connectivity index (χ3v) is 6.20. The highest BCUT2D eigenvalue weighted by atomic mass is 19.1. The Balaban J connectivity index is 1.21. The predicted octanol–water partition coefficient (Wildman–Crippen LogP) is 4.10. The van der Waals surface area contributed by atoms with Crippen LogP contribution in [-0.2, 0) is 6.42 Å². The van der Waals surface area contributed by atoms with E-state index < -0.39 is 5.82 Å². The van der Waals surface area contributed by atoms with Crippen molar-refractivity contribution in [2.75, 3.05) is 31.5 Å². The molecule has 0 saturated carbocycles. The number of urea groups is 2. The van der Waals surface area contributed by atoms with E-state index in [1.165, 1.54) is 23.3 Å². The second-order valence-electron chi connectivity index (χ2n) is 8.42. The zero-order valence-corrected chi connectivity index (χ0v) is 17.6. The van der Waals surface area contributed by atoms with E-state index in [1.807, 2.05) is 4.90 Å². The van der Waals surface area contributed by atoms with Crippen molar-refractivity contribution in [1.29, 1.82) is 0 Å². The van der Waals surface area contributed by atoms with Crippen molar-refractivity contribution in [1.82, 2.24) is 15.5 Å². The molecular weight excluding hydrogens is 395 g/mol. The largest absolute Gasteiger partial charge is 0.338 e. The Bertz CT molecular complexity index is 935. The normalized spacial score (nSPS) is 20.1. The van der Waals surface area contributed by atoms with Crippen LogP contribution in [0.15, 0.2) is 48.5 Å². The molecule has 2 aromatic carbocycles. The van der Waals surface area contributed by atoms with Gasteiger partial charge in [0, 0.05) is 37.8 Å². The fourth-order valence-corrected chi connectivity index (χ4v) is 4.57.